The number of carboxylic acids is 1. The lowest BCUT2D eigenvalue weighted by Gasteiger charge is -2.30. The van der Waals surface area contributed by atoms with Crippen LogP contribution in [0.15, 0.2) is 4.99 Å². The Morgan fingerprint density at radius 1 is 0.818 bits per heavy atom. The summed E-state index contributed by atoms with van der Waals surface area (Å²) >= 11 is 0. The van der Waals surface area contributed by atoms with Crippen LogP contribution in [-0.4, -0.2) is 125 Å². The minimum Gasteiger partial charge on any atom is -0.480 e. The number of aliphatic carboxylic acids is 1. The van der Waals surface area contributed by atoms with E-state index in [1.54, 1.807) is 20.8 Å². The molecule has 0 saturated carbocycles. The highest BCUT2D eigenvalue weighted by Crippen LogP contribution is 2.23. The molecule has 1 fully saturated rings. The van der Waals surface area contributed by atoms with Gasteiger partial charge in [-0.2, -0.15) is 0 Å². The number of nitrogens with two attached hydrogens (primary N) is 3. The van der Waals surface area contributed by atoms with Gasteiger partial charge in [0.2, 0.25) is 41.4 Å². The van der Waals surface area contributed by atoms with Gasteiger partial charge in [-0.15, -0.1) is 0 Å². The largest absolute Gasteiger partial charge is 0.480 e. The van der Waals surface area contributed by atoms with E-state index in [-0.39, 0.29) is 36.9 Å². The van der Waals surface area contributed by atoms with E-state index >= 15 is 0 Å². The Kier molecular flexibility index (Phi) is 21.5. The quantitative estimate of drug-likeness (QED) is 0.0349. The van der Waals surface area contributed by atoms with Crippen molar-refractivity contribution in [1.29, 1.82) is 0 Å². The Bertz CT molecular complexity index is 1400. The number of hydrogen-bond acceptors (Lipinski definition) is 12. The molecule has 0 aromatic rings. The first kappa shape index (κ1) is 48.7. The lowest BCUT2D eigenvalue weighted by molar-refractivity contribution is -0.142. The molecule has 20 nitrogen and oxygen atoms in total. The van der Waals surface area contributed by atoms with E-state index in [1.165, 1.54) is 20.8 Å². The van der Waals surface area contributed by atoms with E-state index in [0.29, 0.717) is 12.8 Å². The Balaban J connectivity index is 3.28. The van der Waals surface area contributed by atoms with Crippen molar-refractivity contribution in [2.24, 2.45) is 34.0 Å². The van der Waals surface area contributed by atoms with Crippen LogP contribution in [0.2, 0.25) is 0 Å². The number of amides is 7. The summed E-state index contributed by atoms with van der Waals surface area (Å²) in [5.74, 6) is -7.12. The van der Waals surface area contributed by atoms with Crippen molar-refractivity contribution in [1.82, 2.24) is 37.2 Å². The summed E-state index contributed by atoms with van der Waals surface area (Å²) in [7, 11) is 2.28. The van der Waals surface area contributed by atoms with Crippen molar-refractivity contribution in [3.05, 3.63) is 0 Å². The summed E-state index contributed by atoms with van der Waals surface area (Å²) in [6.07, 6.45) is 1.17. The Hall–Kier alpha value is -4.31. The van der Waals surface area contributed by atoms with Crippen LogP contribution in [0.4, 0.5) is 0 Å². The van der Waals surface area contributed by atoms with E-state index in [2.05, 4.69) is 42.2 Å². The maximum Gasteiger partial charge on any atom is 0.326 e. The van der Waals surface area contributed by atoms with Crippen molar-refractivity contribution >= 4 is 74.9 Å². The number of guanidine groups is 1. The zero-order valence-corrected chi connectivity index (χ0v) is 34.1. The standard InChI is InChI=1S/C33H59N11O9S2/c1-8-15(3)23(30(50)40-18(6)26(46)41-21(32(52)53)11-10-12-37-33(35)36)44-29(49)22-14-55-54-13-20(34)28(48)39-17(5)25(45)38-19(7)27(47)43-24(16(4)9-2)31(51)42-22/h15-24H,8-14,34H2,1-7H3,(H,38,45)(H,39,48)(H,40,50)(H,41,46)(H,42,51)(H,43,47)(H,44,49)(H,52,53)(H4,35,36,37)/t15?,16?,17-,18-,19-,20-,21-,22-,23-,24-/m0/s1. The molecule has 0 aromatic carbocycles. The molecular formula is C33H59N11O9S2. The third-order valence-electron chi connectivity index (χ3n) is 8.94. The average Bonchev–Trinajstić information content (AvgIpc) is 3.12. The maximum atomic E-state index is 13.9. The Morgan fingerprint density at radius 2 is 1.40 bits per heavy atom. The zero-order chi connectivity index (χ0) is 42.0. The van der Waals surface area contributed by atoms with Gasteiger partial charge in [-0.3, -0.25) is 38.6 Å². The smallest absolute Gasteiger partial charge is 0.326 e. The van der Waals surface area contributed by atoms with E-state index in [1.807, 2.05) is 6.92 Å². The van der Waals surface area contributed by atoms with E-state index < -0.39 is 107 Å². The molecule has 1 saturated heterocycles. The molecule has 0 bridgehead atoms. The van der Waals surface area contributed by atoms with Gasteiger partial charge in [0.15, 0.2) is 5.96 Å². The van der Waals surface area contributed by atoms with Crippen LogP contribution in [-0.2, 0) is 38.4 Å². The number of rotatable bonds is 15. The van der Waals surface area contributed by atoms with Gasteiger partial charge in [0.05, 0.1) is 6.04 Å². The minimum absolute atomic E-state index is 0.0168. The first-order valence-electron chi connectivity index (χ1n) is 18.1. The SMILES string of the molecule is CCC(C)[C@@H]1NC(=O)[C@H](C)NC(=O)[C@H](C)NC(=O)[C@@H](N)CSSC[C@@H](C(=O)N[C@H](C(=O)N[C@@H](C)C(=O)N[C@@H](CCCN=C(N)N)C(=O)O)C(C)CC)NC1=O. The first-order valence-corrected chi connectivity index (χ1v) is 20.6. The van der Waals surface area contributed by atoms with Gasteiger partial charge in [-0.1, -0.05) is 62.1 Å². The topological polar surface area (TPSA) is 331 Å². The van der Waals surface area contributed by atoms with Gasteiger partial charge >= 0.3 is 5.97 Å². The lowest BCUT2D eigenvalue weighted by atomic mass is 9.96. The summed E-state index contributed by atoms with van der Waals surface area (Å²) in [4.78, 5) is 108. The van der Waals surface area contributed by atoms with Crippen molar-refractivity contribution in [2.45, 2.75) is 122 Å². The monoisotopic (exact) mass is 817 g/mol. The number of aliphatic imine (C=N–C) groups is 1. The normalized spacial score (nSPS) is 24.4. The second-order valence-electron chi connectivity index (χ2n) is 13.5. The summed E-state index contributed by atoms with van der Waals surface area (Å²) < 4.78 is 0. The molecule has 2 unspecified atom stereocenters. The summed E-state index contributed by atoms with van der Waals surface area (Å²) in [6.45, 7) is 11.4. The predicted molar refractivity (Wildman–Crippen MR) is 210 cm³/mol. The average molecular weight is 818 g/mol. The molecule has 14 N–H and O–H groups in total. The number of hydrogen-bond donors (Lipinski definition) is 11. The molecule has 10 atom stereocenters. The molecule has 0 spiro atoms. The molecule has 1 rings (SSSR count). The molecule has 1 aliphatic heterocycles. The molecule has 22 heteroatoms. The van der Waals surface area contributed by atoms with Crippen molar-refractivity contribution in [3.63, 3.8) is 0 Å². The maximum absolute atomic E-state index is 13.9. The fourth-order valence-electron chi connectivity index (χ4n) is 4.91. The Morgan fingerprint density at radius 3 is 1.96 bits per heavy atom. The summed E-state index contributed by atoms with van der Waals surface area (Å²) in [5.41, 5.74) is 16.6. The molecule has 1 aliphatic rings. The molecule has 0 aliphatic carbocycles. The fraction of sp³-hybridized carbons (Fsp3) is 0.727. The third-order valence-corrected chi connectivity index (χ3v) is 11.4. The van der Waals surface area contributed by atoms with Gasteiger partial charge in [-0.25, -0.2) is 4.79 Å². The van der Waals surface area contributed by atoms with E-state index in [0.717, 1.165) is 21.6 Å². The van der Waals surface area contributed by atoms with Crippen LogP contribution in [0.1, 0.15) is 74.1 Å². The second kappa shape index (κ2) is 24.3. The lowest BCUT2D eigenvalue weighted by Crippen LogP contribution is -2.61. The molecule has 0 aromatic heterocycles. The van der Waals surface area contributed by atoms with Crippen LogP contribution in [0.5, 0.6) is 0 Å². The Labute approximate surface area is 329 Å². The number of carboxylic acid groups (broad SMARTS) is 1. The molecule has 55 heavy (non-hydrogen) atoms. The minimum atomic E-state index is -1.29. The first-order chi connectivity index (χ1) is 25.7. The number of nitrogens with zero attached hydrogens (tertiary/aromatic N) is 1. The molecule has 312 valence electrons. The zero-order valence-electron chi connectivity index (χ0n) is 32.4. The van der Waals surface area contributed by atoms with Gasteiger partial charge < -0.3 is 59.5 Å². The van der Waals surface area contributed by atoms with Crippen LogP contribution in [0.3, 0.4) is 0 Å². The van der Waals surface area contributed by atoms with Gasteiger partial charge in [-0.05, 0) is 45.4 Å². The second-order valence-corrected chi connectivity index (χ2v) is 16.1. The van der Waals surface area contributed by atoms with E-state index in [9.17, 15) is 43.5 Å². The van der Waals surface area contributed by atoms with Crippen LogP contribution >= 0.6 is 21.6 Å². The van der Waals surface area contributed by atoms with E-state index in [4.69, 9.17) is 17.2 Å². The number of carbonyl (C=O) groups is 8. The van der Waals surface area contributed by atoms with Gasteiger partial charge in [0.1, 0.15) is 42.3 Å². The molecule has 1 heterocycles. The van der Waals surface area contributed by atoms with Crippen molar-refractivity contribution < 1.29 is 43.5 Å². The number of carbonyl (C=O) groups excluding carboxylic acids is 7. The molecule has 7 amide bonds. The third kappa shape index (κ3) is 16.9. The van der Waals surface area contributed by atoms with Crippen LogP contribution < -0.4 is 54.4 Å². The summed E-state index contributed by atoms with van der Waals surface area (Å²) in [5, 5.41) is 27.6. The molecular weight excluding hydrogens is 759 g/mol. The van der Waals surface area contributed by atoms with Crippen LogP contribution in [0, 0.1) is 11.8 Å². The van der Waals surface area contributed by atoms with Crippen LogP contribution in [0.25, 0.3) is 0 Å². The highest BCUT2D eigenvalue weighted by atomic mass is 33.1. The molecule has 0 radical (unpaired) electrons. The number of nitrogens with one attached hydrogen (secondary N) is 7. The summed E-state index contributed by atoms with van der Waals surface area (Å²) in [6, 6.07) is -9.16. The van der Waals surface area contributed by atoms with Crippen molar-refractivity contribution in [2.75, 3.05) is 18.1 Å². The predicted octanol–water partition coefficient (Wildman–Crippen LogP) is -2.61. The van der Waals surface area contributed by atoms with Crippen molar-refractivity contribution in [3.8, 4) is 0 Å². The highest BCUT2D eigenvalue weighted by Gasteiger charge is 2.35. The fourth-order valence-corrected chi connectivity index (χ4v) is 7.20. The highest BCUT2D eigenvalue weighted by molar-refractivity contribution is 8.76. The van der Waals surface area contributed by atoms with Gasteiger partial charge in [0.25, 0.3) is 0 Å². The van der Waals surface area contributed by atoms with Gasteiger partial charge in [0, 0.05) is 18.1 Å².